The number of nitrogens with one attached hydrogen (secondary N) is 2. The van der Waals surface area contributed by atoms with Crippen molar-refractivity contribution in [1.29, 1.82) is 0 Å². The van der Waals surface area contributed by atoms with Crippen LogP contribution in [0.15, 0.2) is 17.1 Å². The Balaban J connectivity index is 1.46. The fraction of sp³-hybridized carbons (Fsp3) is 0.800. The smallest absolute Gasteiger partial charge is 0.191 e. The molecule has 0 aromatic rings. The quantitative estimate of drug-likeness (QED) is 0.321. The largest absolute Gasteiger partial charge is 0.379 e. The monoisotopic (exact) mass is 281 g/mol. The minimum atomic E-state index is 0.326. The van der Waals surface area contributed by atoms with Gasteiger partial charge in [-0.1, -0.05) is 12.2 Å². The van der Waals surface area contributed by atoms with Crippen molar-refractivity contribution < 1.29 is 9.47 Å². The molecule has 5 nitrogen and oxygen atoms in total. The van der Waals surface area contributed by atoms with Gasteiger partial charge in [-0.3, -0.25) is 4.99 Å². The third-order valence-corrected chi connectivity index (χ3v) is 3.66. The van der Waals surface area contributed by atoms with Crippen molar-refractivity contribution >= 4 is 5.96 Å². The maximum Gasteiger partial charge on any atom is 0.191 e. The van der Waals surface area contributed by atoms with Crippen LogP contribution in [0.3, 0.4) is 0 Å². The van der Waals surface area contributed by atoms with Crippen LogP contribution in [-0.4, -0.2) is 51.5 Å². The van der Waals surface area contributed by atoms with Crippen LogP contribution in [0, 0.1) is 0 Å². The molecule has 1 unspecified atom stereocenters. The number of rotatable bonds is 7. The van der Waals surface area contributed by atoms with Crippen LogP contribution < -0.4 is 10.6 Å². The SMILES string of the molecule is CN=C(NCCCOCC1CCCO1)NC1CC=CC1. The molecule has 1 heterocycles. The number of aliphatic imine (C=N–C) groups is 1. The summed E-state index contributed by atoms with van der Waals surface area (Å²) in [4.78, 5) is 4.24. The Kier molecular flexibility index (Phi) is 6.88. The zero-order valence-electron chi connectivity index (χ0n) is 12.4. The number of nitrogens with zero attached hydrogens (tertiary/aromatic N) is 1. The molecule has 1 aliphatic heterocycles. The van der Waals surface area contributed by atoms with E-state index in [0.717, 1.165) is 58.0 Å². The predicted molar refractivity (Wildman–Crippen MR) is 81.1 cm³/mol. The van der Waals surface area contributed by atoms with E-state index in [-0.39, 0.29) is 0 Å². The average Bonchev–Trinajstić information content (AvgIpc) is 3.14. The molecule has 2 rings (SSSR count). The van der Waals surface area contributed by atoms with E-state index in [0.29, 0.717) is 12.1 Å². The van der Waals surface area contributed by atoms with Crippen molar-refractivity contribution in [1.82, 2.24) is 10.6 Å². The number of guanidine groups is 1. The molecule has 0 aromatic heterocycles. The van der Waals surface area contributed by atoms with Crippen molar-refractivity contribution in [2.45, 2.75) is 44.2 Å². The highest BCUT2D eigenvalue weighted by Crippen LogP contribution is 2.11. The van der Waals surface area contributed by atoms with E-state index in [2.05, 4.69) is 27.8 Å². The number of ether oxygens (including phenoxy) is 2. The number of hydrogen-bond acceptors (Lipinski definition) is 3. The lowest BCUT2D eigenvalue weighted by atomic mass is 10.2. The van der Waals surface area contributed by atoms with Crippen molar-refractivity contribution in [3.63, 3.8) is 0 Å². The molecule has 1 aliphatic carbocycles. The van der Waals surface area contributed by atoms with Gasteiger partial charge in [0.2, 0.25) is 0 Å². The second-order valence-electron chi connectivity index (χ2n) is 5.35. The van der Waals surface area contributed by atoms with E-state index in [1.54, 1.807) is 0 Å². The third-order valence-electron chi connectivity index (χ3n) is 3.66. The second kappa shape index (κ2) is 8.97. The minimum Gasteiger partial charge on any atom is -0.379 e. The standard InChI is InChI=1S/C15H27N3O2/c1-16-15(18-13-6-2-3-7-13)17-9-5-10-19-12-14-8-4-11-20-14/h2-3,13-14H,4-12H2,1H3,(H2,16,17,18). The summed E-state index contributed by atoms with van der Waals surface area (Å²) in [6.07, 6.45) is 10.2. The van der Waals surface area contributed by atoms with Gasteiger partial charge in [-0.25, -0.2) is 0 Å². The normalized spacial score (nSPS) is 23.4. The molecule has 0 bridgehead atoms. The molecule has 0 radical (unpaired) electrons. The molecule has 5 heteroatoms. The second-order valence-corrected chi connectivity index (χ2v) is 5.35. The highest BCUT2D eigenvalue weighted by molar-refractivity contribution is 5.80. The first-order valence-corrected chi connectivity index (χ1v) is 7.70. The van der Waals surface area contributed by atoms with Crippen LogP contribution >= 0.6 is 0 Å². The van der Waals surface area contributed by atoms with E-state index in [9.17, 15) is 0 Å². The summed E-state index contributed by atoms with van der Waals surface area (Å²) in [7, 11) is 1.81. The highest BCUT2D eigenvalue weighted by Gasteiger charge is 2.15. The Morgan fingerprint density at radius 2 is 2.25 bits per heavy atom. The molecule has 20 heavy (non-hydrogen) atoms. The fourth-order valence-electron chi connectivity index (χ4n) is 2.49. The zero-order chi connectivity index (χ0) is 14.0. The van der Waals surface area contributed by atoms with Gasteiger partial charge in [-0.05, 0) is 32.1 Å². The Labute approximate surface area is 121 Å². The van der Waals surface area contributed by atoms with E-state index >= 15 is 0 Å². The maximum absolute atomic E-state index is 5.63. The lowest BCUT2D eigenvalue weighted by Crippen LogP contribution is -2.42. The first-order chi connectivity index (χ1) is 9.88. The van der Waals surface area contributed by atoms with Crippen molar-refractivity contribution in [3.8, 4) is 0 Å². The first kappa shape index (κ1) is 15.3. The van der Waals surface area contributed by atoms with Crippen molar-refractivity contribution in [2.24, 2.45) is 4.99 Å². The van der Waals surface area contributed by atoms with Gasteiger partial charge in [-0.2, -0.15) is 0 Å². The molecule has 1 saturated heterocycles. The van der Waals surface area contributed by atoms with Gasteiger partial charge in [0.05, 0.1) is 12.7 Å². The molecule has 1 fully saturated rings. The summed E-state index contributed by atoms with van der Waals surface area (Å²) in [5.41, 5.74) is 0. The summed E-state index contributed by atoms with van der Waals surface area (Å²) in [6.45, 7) is 3.29. The number of hydrogen-bond donors (Lipinski definition) is 2. The van der Waals surface area contributed by atoms with E-state index in [1.807, 2.05) is 7.05 Å². The molecule has 0 saturated carbocycles. The molecule has 0 spiro atoms. The van der Waals surface area contributed by atoms with E-state index < -0.39 is 0 Å². The Hall–Kier alpha value is -1.07. The van der Waals surface area contributed by atoms with Crippen molar-refractivity contribution in [3.05, 3.63) is 12.2 Å². The Morgan fingerprint density at radius 3 is 2.95 bits per heavy atom. The lowest BCUT2D eigenvalue weighted by molar-refractivity contribution is 0.0168. The highest BCUT2D eigenvalue weighted by atomic mass is 16.5. The minimum absolute atomic E-state index is 0.326. The summed E-state index contributed by atoms with van der Waals surface area (Å²) < 4.78 is 11.1. The molecule has 0 aromatic carbocycles. The van der Waals surface area contributed by atoms with Gasteiger partial charge in [0, 0.05) is 32.8 Å². The maximum atomic E-state index is 5.63. The van der Waals surface area contributed by atoms with E-state index in [4.69, 9.17) is 9.47 Å². The first-order valence-electron chi connectivity index (χ1n) is 7.70. The van der Waals surface area contributed by atoms with Gasteiger partial charge in [0.25, 0.3) is 0 Å². The summed E-state index contributed by atoms with van der Waals surface area (Å²) in [5.74, 6) is 0.887. The predicted octanol–water partition coefficient (Wildman–Crippen LogP) is 1.46. The van der Waals surface area contributed by atoms with Crippen molar-refractivity contribution in [2.75, 3.05) is 33.4 Å². The van der Waals surface area contributed by atoms with Crippen LogP contribution in [0.2, 0.25) is 0 Å². The molecule has 114 valence electrons. The topological polar surface area (TPSA) is 54.9 Å². The third kappa shape index (κ3) is 5.51. The summed E-state index contributed by atoms with van der Waals surface area (Å²) in [5, 5.41) is 6.74. The van der Waals surface area contributed by atoms with Gasteiger partial charge >= 0.3 is 0 Å². The van der Waals surface area contributed by atoms with Crippen LogP contribution in [0.5, 0.6) is 0 Å². The van der Waals surface area contributed by atoms with Gasteiger partial charge in [-0.15, -0.1) is 0 Å². The van der Waals surface area contributed by atoms with Crippen LogP contribution in [0.1, 0.15) is 32.1 Å². The average molecular weight is 281 g/mol. The summed E-state index contributed by atoms with van der Waals surface area (Å²) in [6, 6.07) is 0.497. The Bertz CT molecular complexity index is 317. The molecule has 1 atom stereocenters. The summed E-state index contributed by atoms with van der Waals surface area (Å²) >= 11 is 0. The van der Waals surface area contributed by atoms with Gasteiger partial charge in [0.15, 0.2) is 5.96 Å². The molecule has 2 aliphatic rings. The van der Waals surface area contributed by atoms with E-state index in [1.165, 1.54) is 6.42 Å². The van der Waals surface area contributed by atoms with Crippen LogP contribution in [0.25, 0.3) is 0 Å². The molecular formula is C15H27N3O2. The molecule has 2 N–H and O–H groups in total. The molecular weight excluding hydrogens is 254 g/mol. The fourth-order valence-corrected chi connectivity index (χ4v) is 2.49. The van der Waals surface area contributed by atoms with Crippen LogP contribution in [-0.2, 0) is 9.47 Å². The van der Waals surface area contributed by atoms with Gasteiger partial charge in [0.1, 0.15) is 0 Å². The van der Waals surface area contributed by atoms with Crippen LogP contribution in [0.4, 0.5) is 0 Å². The van der Waals surface area contributed by atoms with Gasteiger partial charge < -0.3 is 20.1 Å². The Morgan fingerprint density at radius 1 is 1.40 bits per heavy atom. The zero-order valence-corrected chi connectivity index (χ0v) is 12.4. The molecule has 0 amide bonds. The lowest BCUT2D eigenvalue weighted by Gasteiger charge is -2.17.